The SMILES string of the molecule is CCOC[C@H](O)CN1CC[C@H](Oc2ccccc2)C1. The van der Waals surface area contributed by atoms with Crippen molar-refractivity contribution in [2.24, 2.45) is 0 Å². The van der Waals surface area contributed by atoms with Crippen molar-refractivity contribution < 1.29 is 14.6 Å². The summed E-state index contributed by atoms with van der Waals surface area (Å²) in [5, 5.41) is 9.81. The number of benzene rings is 1. The van der Waals surface area contributed by atoms with Gasteiger partial charge in [-0.2, -0.15) is 0 Å². The fraction of sp³-hybridized carbons (Fsp3) is 0.600. The Hall–Kier alpha value is -1.10. The highest BCUT2D eigenvalue weighted by Gasteiger charge is 2.25. The van der Waals surface area contributed by atoms with Crippen LogP contribution in [0.25, 0.3) is 0 Å². The van der Waals surface area contributed by atoms with Gasteiger partial charge >= 0.3 is 0 Å². The zero-order valence-corrected chi connectivity index (χ0v) is 11.5. The summed E-state index contributed by atoms with van der Waals surface area (Å²) >= 11 is 0. The Balaban J connectivity index is 1.71. The van der Waals surface area contributed by atoms with Crippen molar-refractivity contribution in [1.82, 2.24) is 4.90 Å². The second-order valence-corrected chi connectivity index (χ2v) is 4.91. The number of nitrogens with zero attached hydrogens (tertiary/aromatic N) is 1. The maximum absolute atomic E-state index is 9.81. The van der Waals surface area contributed by atoms with E-state index in [1.54, 1.807) is 0 Å². The third kappa shape index (κ3) is 4.82. The molecule has 1 heterocycles. The van der Waals surface area contributed by atoms with Gasteiger partial charge in [0.25, 0.3) is 0 Å². The van der Waals surface area contributed by atoms with Gasteiger partial charge in [0, 0.05) is 26.2 Å². The average molecular weight is 265 g/mol. The predicted octanol–water partition coefficient (Wildman–Crippen LogP) is 1.54. The quantitative estimate of drug-likeness (QED) is 0.812. The van der Waals surface area contributed by atoms with Crippen LogP contribution in [0.4, 0.5) is 0 Å². The van der Waals surface area contributed by atoms with Crippen molar-refractivity contribution >= 4 is 0 Å². The van der Waals surface area contributed by atoms with Gasteiger partial charge in [0.05, 0.1) is 12.7 Å². The summed E-state index contributed by atoms with van der Waals surface area (Å²) in [6, 6.07) is 9.90. The highest BCUT2D eigenvalue weighted by Crippen LogP contribution is 2.18. The van der Waals surface area contributed by atoms with E-state index < -0.39 is 6.10 Å². The van der Waals surface area contributed by atoms with Crippen LogP contribution in [-0.2, 0) is 4.74 Å². The van der Waals surface area contributed by atoms with E-state index in [1.807, 2.05) is 37.3 Å². The number of aliphatic hydroxyl groups excluding tert-OH is 1. The molecule has 106 valence electrons. The Morgan fingerprint density at radius 2 is 2.16 bits per heavy atom. The summed E-state index contributed by atoms with van der Waals surface area (Å²) in [5.74, 6) is 0.921. The van der Waals surface area contributed by atoms with Gasteiger partial charge in [-0.05, 0) is 25.5 Å². The molecule has 1 aliphatic heterocycles. The molecule has 0 aliphatic carbocycles. The topological polar surface area (TPSA) is 41.9 Å². The molecule has 1 fully saturated rings. The molecule has 2 rings (SSSR count). The van der Waals surface area contributed by atoms with Crippen LogP contribution < -0.4 is 4.74 Å². The lowest BCUT2D eigenvalue weighted by Crippen LogP contribution is -2.34. The lowest BCUT2D eigenvalue weighted by Gasteiger charge is -2.20. The molecule has 0 amide bonds. The molecule has 1 saturated heterocycles. The molecule has 0 radical (unpaired) electrons. The first-order chi connectivity index (χ1) is 9.28. The number of hydrogen-bond acceptors (Lipinski definition) is 4. The van der Waals surface area contributed by atoms with Gasteiger partial charge in [-0.15, -0.1) is 0 Å². The van der Waals surface area contributed by atoms with Gasteiger partial charge in [0.2, 0.25) is 0 Å². The minimum Gasteiger partial charge on any atom is -0.489 e. The first kappa shape index (κ1) is 14.3. The Labute approximate surface area is 114 Å². The van der Waals surface area contributed by atoms with Gasteiger partial charge in [-0.1, -0.05) is 18.2 Å². The second-order valence-electron chi connectivity index (χ2n) is 4.91. The molecule has 1 aliphatic rings. The number of rotatable bonds is 7. The monoisotopic (exact) mass is 265 g/mol. The number of ether oxygens (including phenoxy) is 2. The fourth-order valence-electron chi connectivity index (χ4n) is 2.36. The molecule has 0 spiro atoms. The highest BCUT2D eigenvalue weighted by atomic mass is 16.5. The lowest BCUT2D eigenvalue weighted by atomic mass is 10.3. The van der Waals surface area contributed by atoms with Gasteiger partial charge in [0.1, 0.15) is 11.9 Å². The molecule has 1 N–H and O–H groups in total. The van der Waals surface area contributed by atoms with Crippen LogP contribution in [0.5, 0.6) is 5.75 Å². The molecular weight excluding hydrogens is 242 g/mol. The van der Waals surface area contributed by atoms with Crippen molar-refractivity contribution in [3.05, 3.63) is 30.3 Å². The van der Waals surface area contributed by atoms with E-state index in [-0.39, 0.29) is 6.10 Å². The molecule has 1 aromatic rings. The molecule has 0 unspecified atom stereocenters. The average Bonchev–Trinajstić information content (AvgIpc) is 2.85. The van der Waals surface area contributed by atoms with Gasteiger partial charge < -0.3 is 14.6 Å². The number of β-amino-alcohol motifs (C(OH)–C–C–N with tert-alkyl or cyclic N) is 1. The molecule has 4 heteroatoms. The Bertz CT molecular complexity index is 358. The van der Waals surface area contributed by atoms with Crippen LogP contribution in [-0.4, -0.2) is 55.1 Å². The smallest absolute Gasteiger partial charge is 0.119 e. The zero-order chi connectivity index (χ0) is 13.5. The number of para-hydroxylation sites is 1. The van der Waals surface area contributed by atoms with Gasteiger partial charge in [-0.3, -0.25) is 4.90 Å². The zero-order valence-electron chi connectivity index (χ0n) is 11.5. The molecule has 0 aromatic heterocycles. The maximum Gasteiger partial charge on any atom is 0.119 e. The standard InChI is InChI=1S/C15H23NO3/c1-2-18-12-13(17)10-16-9-8-15(11-16)19-14-6-4-3-5-7-14/h3-7,13,15,17H,2,8-12H2,1H3/t13-,15+/m1/s1. The van der Waals surface area contributed by atoms with Crippen LogP contribution in [0.3, 0.4) is 0 Å². The van der Waals surface area contributed by atoms with Crippen LogP contribution in [0.1, 0.15) is 13.3 Å². The van der Waals surface area contributed by atoms with Crippen molar-refractivity contribution in [3.8, 4) is 5.75 Å². The van der Waals surface area contributed by atoms with E-state index >= 15 is 0 Å². The van der Waals surface area contributed by atoms with E-state index in [0.717, 1.165) is 25.3 Å². The van der Waals surface area contributed by atoms with Crippen LogP contribution in [0.2, 0.25) is 0 Å². The molecule has 1 aromatic carbocycles. The third-order valence-electron chi connectivity index (χ3n) is 3.26. The molecule has 0 bridgehead atoms. The van der Waals surface area contributed by atoms with E-state index in [1.165, 1.54) is 0 Å². The van der Waals surface area contributed by atoms with E-state index in [9.17, 15) is 5.11 Å². The number of hydrogen-bond donors (Lipinski definition) is 1. The van der Waals surface area contributed by atoms with Gasteiger partial charge in [-0.25, -0.2) is 0 Å². The molecule has 0 saturated carbocycles. The molecule has 4 nitrogen and oxygen atoms in total. The second kappa shape index (κ2) is 7.48. The molecule has 19 heavy (non-hydrogen) atoms. The Morgan fingerprint density at radius 3 is 2.89 bits per heavy atom. The van der Waals surface area contributed by atoms with Crippen molar-refractivity contribution in [1.29, 1.82) is 0 Å². The van der Waals surface area contributed by atoms with E-state index in [2.05, 4.69) is 4.90 Å². The van der Waals surface area contributed by atoms with Crippen molar-refractivity contribution in [3.63, 3.8) is 0 Å². The van der Waals surface area contributed by atoms with Crippen LogP contribution in [0.15, 0.2) is 30.3 Å². The minimum absolute atomic E-state index is 0.224. The van der Waals surface area contributed by atoms with E-state index in [0.29, 0.717) is 19.8 Å². The fourth-order valence-corrected chi connectivity index (χ4v) is 2.36. The summed E-state index contributed by atoms with van der Waals surface area (Å²) in [6.45, 7) is 5.51. The minimum atomic E-state index is -0.407. The summed E-state index contributed by atoms with van der Waals surface area (Å²) in [6.07, 6.45) is 0.827. The Morgan fingerprint density at radius 1 is 1.37 bits per heavy atom. The van der Waals surface area contributed by atoms with E-state index in [4.69, 9.17) is 9.47 Å². The number of aliphatic hydroxyl groups is 1. The molecular formula is C15H23NO3. The summed E-state index contributed by atoms with van der Waals surface area (Å²) < 4.78 is 11.1. The predicted molar refractivity (Wildman–Crippen MR) is 74.4 cm³/mol. The summed E-state index contributed by atoms with van der Waals surface area (Å²) in [5.41, 5.74) is 0. The van der Waals surface area contributed by atoms with Crippen molar-refractivity contribution in [2.45, 2.75) is 25.6 Å². The largest absolute Gasteiger partial charge is 0.489 e. The van der Waals surface area contributed by atoms with Gasteiger partial charge in [0.15, 0.2) is 0 Å². The lowest BCUT2D eigenvalue weighted by molar-refractivity contribution is 0.0236. The van der Waals surface area contributed by atoms with Crippen molar-refractivity contribution in [2.75, 3.05) is 32.8 Å². The maximum atomic E-state index is 9.81. The first-order valence-electron chi connectivity index (χ1n) is 6.97. The molecule has 2 atom stereocenters. The Kier molecular flexibility index (Phi) is 5.63. The summed E-state index contributed by atoms with van der Waals surface area (Å²) in [7, 11) is 0. The summed E-state index contributed by atoms with van der Waals surface area (Å²) in [4.78, 5) is 2.23. The van der Waals surface area contributed by atoms with Crippen LogP contribution >= 0.6 is 0 Å². The number of likely N-dealkylation sites (tertiary alicyclic amines) is 1. The normalized spacial score (nSPS) is 21.5. The van der Waals surface area contributed by atoms with Crippen LogP contribution in [0, 0.1) is 0 Å². The first-order valence-corrected chi connectivity index (χ1v) is 6.97. The highest BCUT2D eigenvalue weighted by molar-refractivity contribution is 5.21. The third-order valence-corrected chi connectivity index (χ3v) is 3.26.